The first-order valence-corrected chi connectivity index (χ1v) is 6.78. The van der Waals surface area contributed by atoms with Gasteiger partial charge in [-0.25, -0.2) is 0 Å². The summed E-state index contributed by atoms with van der Waals surface area (Å²) in [4.78, 5) is 11.8. The third-order valence-corrected chi connectivity index (χ3v) is 3.53. The molecule has 0 heterocycles. The Labute approximate surface area is 124 Å². The van der Waals surface area contributed by atoms with Crippen LogP contribution in [-0.4, -0.2) is 12.5 Å². The monoisotopic (exact) mass is 284 g/mol. The SMILES string of the molecule is Cc1ccc(C)c(OCC(N)(C(N)=O)c2ccccc2)c1. The normalized spacial score (nSPS) is 13.5. The molecule has 0 aromatic heterocycles. The summed E-state index contributed by atoms with van der Waals surface area (Å²) < 4.78 is 5.77. The second-order valence-electron chi connectivity index (χ2n) is 5.26. The topological polar surface area (TPSA) is 78.3 Å². The highest BCUT2D eigenvalue weighted by Gasteiger charge is 2.35. The molecule has 0 aliphatic carbocycles. The predicted octanol–water partition coefficient (Wildman–Crippen LogP) is 2.02. The smallest absolute Gasteiger partial charge is 0.245 e. The zero-order valence-corrected chi connectivity index (χ0v) is 12.3. The highest BCUT2D eigenvalue weighted by molar-refractivity contribution is 5.86. The molecule has 0 saturated heterocycles. The molecule has 1 atom stereocenters. The number of hydrogen-bond donors (Lipinski definition) is 2. The maximum Gasteiger partial charge on any atom is 0.245 e. The summed E-state index contributed by atoms with van der Waals surface area (Å²) in [5.74, 6) is 0.0982. The Morgan fingerprint density at radius 1 is 1.14 bits per heavy atom. The average molecular weight is 284 g/mol. The molecule has 110 valence electrons. The van der Waals surface area contributed by atoms with Gasteiger partial charge in [-0.1, -0.05) is 42.5 Å². The van der Waals surface area contributed by atoms with Gasteiger partial charge >= 0.3 is 0 Å². The van der Waals surface area contributed by atoms with E-state index in [1.54, 1.807) is 12.1 Å². The largest absolute Gasteiger partial charge is 0.490 e. The minimum atomic E-state index is -1.35. The van der Waals surface area contributed by atoms with E-state index in [9.17, 15) is 4.79 Å². The number of hydrogen-bond acceptors (Lipinski definition) is 3. The van der Waals surface area contributed by atoms with E-state index in [0.29, 0.717) is 11.3 Å². The molecule has 2 aromatic carbocycles. The quantitative estimate of drug-likeness (QED) is 0.881. The molecule has 4 nitrogen and oxygen atoms in total. The zero-order valence-electron chi connectivity index (χ0n) is 12.3. The minimum Gasteiger partial charge on any atom is -0.490 e. The van der Waals surface area contributed by atoms with Gasteiger partial charge in [-0.05, 0) is 36.6 Å². The van der Waals surface area contributed by atoms with Gasteiger partial charge in [0.1, 0.15) is 12.4 Å². The third-order valence-electron chi connectivity index (χ3n) is 3.53. The summed E-state index contributed by atoms with van der Waals surface area (Å²) in [6.45, 7) is 3.92. The van der Waals surface area contributed by atoms with Gasteiger partial charge in [-0.2, -0.15) is 0 Å². The second-order valence-corrected chi connectivity index (χ2v) is 5.26. The van der Waals surface area contributed by atoms with E-state index < -0.39 is 11.4 Å². The maximum absolute atomic E-state index is 11.8. The van der Waals surface area contributed by atoms with Crippen molar-refractivity contribution in [3.8, 4) is 5.75 Å². The summed E-state index contributed by atoms with van der Waals surface area (Å²) in [5.41, 5.74) is 13.0. The first kappa shape index (κ1) is 15.1. The van der Waals surface area contributed by atoms with Crippen LogP contribution in [0.1, 0.15) is 16.7 Å². The van der Waals surface area contributed by atoms with Crippen LogP contribution < -0.4 is 16.2 Å². The number of primary amides is 1. The Morgan fingerprint density at radius 3 is 2.43 bits per heavy atom. The molecular formula is C17H20N2O2. The lowest BCUT2D eigenvalue weighted by molar-refractivity contribution is -0.124. The van der Waals surface area contributed by atoms with Crippen molar-refractivity contribution < 1.29 is 9.53 Å². The van der Waals surface area contributed by atoms with Crippen LogP contribution in [0.25, 0.3) is 0 Å². The van der Waals surface area contributed by atoms with E-state index in [-0.39, 0.29) is 6.61 Å². The number of amides is 1. The van der Waals surface area contributed by atoms with Crippen LogP contribution in [0.3, 0.4) is 0 Å². The van der Waals surface area contributed by atoms with Crippen LogP contribution >= 0.6 is 0 Å². The van der Waals surface area contributed by atoms with E-state index >= 15 is 0 Å². The van der Waals surface area contributed by atoms with Crippen LogP contribution in [-0.2, 0) is 10.3 Å². The van der Waals surface area contributed by atoms with E-state index in [4.69, 9.17) is 16.2 Å². The highest BCUT2D eigenvalue weighted by Crippen LogP contribution is 2.23. The summed E-state index contributed by atoms with van der Waals surface area (Å²) in [6, 6.07) is 14.9. The number of carbonyl (C=O) groups is 1. The minimum absolute atomic E-state index is 0.00333. The van der Waals surface area contributed by atoms with Crippen molar-refractivity contribution in [1.29, 1.82) is 0 Å². The fraction of sp³-hybridized carbons (Fsp3) is 0.235. The standard InChI is InChI=1S/C17H20N2O2/c1-12-8-9-13(2)15(10-12)21-11-17(19,16(18)20)14-6-4-3-5-7-14/h3-10H,11,19H2,1-2H3,(H2,18,20). The Hall–Kier alpha value is -2.33. The van der Waals surface area contributed by atoms with E-state index in [0.717, 1.165) is 11.1 Å². The van der Waals surface area contributed by atoms with Crippen LogP contribution in [0.15, 0.2) is 48.5 Å². The third kappa shape index (κ3) is 3.23. The molecular weight excluding hydrogens is 264 g/mol. The predicted molar refractivity (Wildman–Crippen MR) is 82.9 cm³/mol. The molecule has 0 fully saturated rings. The molecule has 0 radical (unpaired) electrons. The van der Waals surface area contributed by atoms with Gasteiger partial charge in [0, 0.05) is 0 Å². The van der Waals surface area contributed by atoms with Gasteiger partial charge < -0.3 is 16.2 Å². The van der Waals surface area contributed by atoms with Gasteiger partial charge in [0.05, 0.1) is 0 Å². The molecule has 0 aliphatic heterocycles. The molecule has 21 heavy (non-hydrogen) atoms. The molecule has 0 aliphatic rings. The maximum atomic E-state index is 11.8. The molecule has 2 aromatic rings. The number of nitrogens with two attached hydrogens (primary N) is 2. The van der Waals surface area contributed by atoms with Crippen molar-refractivity contribution in [2.24, 2.45) is 11.5 Å². The van der Waals surface area contributed by atoms with Gasteiger partial charge in [0.15, 0.2) is 5.54 Å². The Balaban J connectivity index is 2.26. The Morgan fingerprint density at radius 2 is 1.81 bits per heavy atom. The van der Waals surface area contributed by atoms with Crippen molar-refractivity contribution in [3.05, 3.63) is 65.2 Å². The van der Waals surface area contributed by atoms with Crippen molar-refractivity contribution in [2.75, 3.05) is 6.61 Å². The molecule has 0 saturated carbocycles. The fourth-order valence-corrected chi connectivity index (χ4v) is 2.09. The molecule has 0 spiro atoms. The number of ether oxygens (including phenoxy) is 1. The van der Waals surface area contributed by atoms with Crippen molar-refractivity contribution in [1.82, 2.24) is 0 Å². The lowest BCUT2D eigenvalue weighted by Gasteiger charge is -2.27. The lowest BCUT2D eigenvalue weighted by Crippen LogP contribution is -2.53. The first-order chi connectivity index (χ1) is 9.93. The van der Waals surface area contributed by atoms with Crippen LogP contribution in [0.5, 0.6) is 5.75 Å². The molecule has 1 amide bonds. The average Bonchev–Trinajstić information content (AvgIpc) is 2.48. The van der Waals surface area contributed by atoms with Gasteiger partial charge in [0.2, 0.25) is 5.91 Å². The Bertz CT molecular complexity index is 640. The van der Waals surface area contributed by atoms with Gasteiger partial charge in [0.25, 0.3) is 0 Å². The van der Waals surface area contributed by atoms with Gasteiger partial charge in [-0.15, -0.1) is 0 Å². The number of carbonyl (C=O) groups excluding carboxylic acids is 1. The zero-order chi connectivity index (χ0) is 15.5. The van der Waals surface area contributed by atoms with E-state index in [1.807, 2.05) is 50.2 Å². The van der Waals surface area contributed by atoms with Crippen molar-refractivity contribution in [3.63, 3.8) is 0 Å². The summed E-state index contributed by atoms with van der Waals surface area (Å²) >= 11 is 0. The molecule has 4 N–H and O–H groups in total. The summed E-state index contributed by atoms with van der Waals surface area (Å²) in [7, 11) is 0. The molecule has 0 bridgehead atoms. The summed E-state index contributed by atoms with van der Waals surface area (Å²) in [5, 5.41) is 0. The van der Waals surface area contributed by atoms with E-state index in [2.05, 4.69) is 0 Å². The first-order valence-electron chi connectivity index (χ1n) is 6.78. The number of benzene rings is 2. The van der Waals surface area contributed by atoms with Crippen LogP contribution in [0.2, 0.25) is 0 Å². The van der Waals surface area contributed by atoms with Crippen LogP contribution in [0.4, 0.5) is 0 Å². The summed E-state index contributed by atoms with van der Waals surface area (Å²) in [6.07, 6.45) is 0. The molecule has 1 unspecified atom stereocenters. The number of aryl methyl sites for hydroxylation is 2. The van der Waals surface area contributed by atoms with Gasteiger partial charge in [-0.3, -0.25) is 4.79 Å². The van der Waals surface area contributed by atoms with Crippen molar-refractivity contribution >= 4 is 5.91 Å². The van der Waals surface area contributed by atoms with Crippen molar-refractivity contribution in [2.45, 2.75) is 19.4 Å². The molecule has 4 heteroatoms. The van der Waals surface area contributed by atoms with Crippen LogP contribution in [0, 0.1) is 13.8 Å². The second kappa shape index (κ2) is 5.97. The highest BCUT2D eigenvalue weighted by atomic mass is 16.5. The van der Waals surface area contributed by atoms with E-state index in [1.165, 1.54) is 0 Å². The fourth-order valence-electron chi connectivity index (χ4n) is 2.09. The Kier molecular flexibility index (Phi) is 4.29. The molecule has 2 rings (SSSR count). The number of rotatable bonds is 5. The lowest BCUT2D eigenvalue weighted by atomic mass is 9.91.